The Bertz CT molecular complexity index is 946. The fraction of sp³-hybridized carbons (Fsp3) is 0.381. The maximum absolute atomic E-state index is 14.0. The quantitative estimate of drug-likeness (QED) is 0.767. The first-order chi connectivity index (χ1) is 13.4. The van der Waals surface area contributed by atoms with Crippen molar-refractivity contribution in [2.75, 3.05) is 17.1 Å². The number of aryl methyl sites for hydroxylation is 1. The molecule has 2 aromatic carbocycles. The highest BCUT2D eigenvalue weighted by molar-refractivity contribution is 7.92. The number of nitrogens with one attached hydrogen (secondary N) is 1. The fourth-order valence-corrected chi connectivity index (χ4v) is 4.64. The van der Waals surface area contributed by atoms with Gasteiger partial charge in [0.2, 0.25) is 15.9 Å². The van der Waals surface area contributed by atoms with E-state index in [1.165, 1.54) is 23.8 Å². The van der Waals surface area contributed by atoms with Gasteiger partial charge in [0.05, 0.1) is 18.0 Å². The van der Waals surface area contributed by atoms with Crippen LogP contribution in [-0.4, -0.2) is 27.1 Å². The van der Waals surface area contributed by atoms with Crippen LogP contribution in [0.25, 0.3) is 0 Å². The van der Waals surface area contributed by atoms with Crippen molar-refractivity contribution in [3.63, 3.8) is 0 Å². The zero-order valence-electron chi connectivity index (χ0n) is 15.9. The molecule has 0 aromatic heterocycles. The monoisotopic (exact) mass is 404 g/mol. The number of rotatable bonds is 7. The number of amides is 1. The summed E-state index contributed by atoms with van der Waals surface area (Å²) in [6, 6.07) is 13.9. The number of carbonyl (C=O) groups is 1. The van der Waals surface area contributed by atoms with Crippen molar-refractivity contribution in [3.05, 3.63) is 65.5 Å². The third-order valence-electron chi connectivity index (χ3n) is 4.99. The first-order valence-electron chi connectivity index (χ1n) is 9.45. The summed E-state index contributed by atoms with van der Waals surface area (Å²) in [5, 5.41) is 3.06. The summed E-state index contributed by atoms with van der Waals surface area (Å²) in [5.41, 5.74) is 2.43. The molecule has 28 heavy (non-hydrogen) atoms. The van der Waals surface area contributed by atoms with Gasteiger partial charge in [-0.2, -0.15) is 0 Å². The molecular weight excluding hydrogens is 379 g/mol. The van der Waals surface area contributed by atoms with E-state index in [0.717, 1.165) is 35.4 Å². The predicted octanol–water partition coefficient (Wildman–Crippen LogP) is 3.57. The van der Waals surface area contributed by atoms with E-state index >= 15 is 0 Å². The Morgan fingerprint density at radius 1 is 1.18 bits per heavy atom. The van der Waals surface area contributed by atoms with Crippen molar-refractivity contribution >= 4 is 21.6 Å². The van der Waals surface area contributed by atoms with Gasteiger partial charge in [-0.3, -0.25) is 9.10 Å². The lowest BCUT2D eigenvalue weighted by Gasteiger charge is -2.26. The van der Waals surface area contributed by atoms with E-state index in [1.807, 2.05) is 18.2 Å². The minimum Gasteiger partial charge on any atom is -0.349 e. The smallest absolute Gasteiger partial charge is 0.232 e. The van der Waals surface area contributed by atoms with Crippen LogP contribution in [0.2, 0.25) is 0 Å². The van der Waals surface area contributed by atoms with E-state index in [0.29, 0.717) is 6.42 Å². The van der Waals surface area contributed by atoms with Gasteiger partial charge >= 0.3 is 0 Å². The SMILES string of the molecule is CS(=O)(=O)N(CCCC(=O)N[C@@H]1CCCc2ccccc21)c1ccccc1F. The lowest BCUT2D eigenvalue weighted by atomic mass is 9.87. The molecule has 0 aliphatic heterocycles. The summed E-state index contributed by atoms with van der Waals surface area (Å²) in [7, 11) is -3.64. The molecule has 5 nitrogen and oxygen atoms in total. The van der Waals surface area contributed by atoms with Gasteiger partial charge in [0.25, 0.3) is 0 Å². The second-order valence-corrected chi connectivity index (χ2v) is 9.01. The van der Waals surface area contributed by atoms with Crippen LogP contribution in [0.1, 0.15) is 42.9 Å². The van der Waals surface area contributed by atoms with Crippen LogP contribution in [0.5, 0.6) is 0 Å². The Labute approximate surface area is 165 Å². The maximum atomic E-state index is 14.0. The van der Waals surface area contributed by atoms with Gasteiger partial charge in [-0.1, -0.05) is 36.4 Å². The molecule has 3 rings (SSSR count). The number of benzene rings is 2. The minimum absolute atomic E-state index is 0.00460. The summed E-state index contributed by atoms with van der Waals surface area (Å²) < 4.78 is 39.2. The van der Waals surface area contributed by atoms with Crippen molar-refractivity contribution in [1.82, 2.24) is 5.32 Å². The predicted molar refractivity (Wildman–Crippen MR) is 108 cm³/mol. The zero-order chi connectivity index (χ0) is 20.1. The van der Waals surface area contributed by atoms with Gasteiger partial charge in [0.15, 0.2) is 0 Å². The Morgan fingerprint density at radius 2 is 1.89 bits per heavy atom. The molecule has 0 spiro atoms. The molecule has 0 unspecified atom stereocenters. The molecule has 0 saturated carbocycles. The highest BCUT2D eigenvalue weighted by atomic mass is 32.2. The molecule has 150 valence electrons. The van der Waals surface area contributed by atoms with Crippen molar-refractivity contribution in [2.24, 2.45) is 0 Å². The molecule has 0 heterocycles. The largest absolute Gasteiger partial charge is 0.349 e. The highest BCUT2D eigenvalue weighted by Crippen LogP contribution is 2.29. The van der Waals surface area contributed by atoms with E-state index in [9.17, 15) is 17.6 Å². The molecule has 0 fully saturated rings. The van der Waals surface area contributed by atoms with Gasteiger partial charge in [-0.15, -0.1) is 0 Å². The maximum Gasteiger partial charge on any atom is 0.232 e. The second-order valence-electron chi connectivity index (χ2n) is 7.10. The number of carbonyl (C=O) groups excluding carboxylic acids is 1. The zero-order valence-corrected chi connectivity index (χ0v) is 16.7. The first kappa shape index (κ1) is 20.3. The van der Waals surface area contributed by atoms with E-state index in [2.05, 4.69) is 11.4 Å². The molecule has 1 atom stereocenters. The standard InChI is InChI=1S/C21H25FN2O3S/c1-28(26,27)24(20-13-5-4-11-18(20)22)15-7-14-21(25)23-19-12-6-9-16-8-2-3-10-17(16)19/h2-5,8,10-11,13,19H,6-7,9,12,14-15H2,1H3,(H,23,25)/t19-/m1/s1. The lowest BCUT2D eigenvalue weighted by Crippen LogP contribution is -2.34. The molecule has 0 bridgehead atoms. The van der Waals surface area contributed by atoms with Crippen molar-refractivity contribution in [2.45, 2.75) is 38.1 Å². The van der Waals surface area contributed by atoms with E-state index in [1.54, 1.807) is 6.07 Å². The molecular formula is C21H25FN2O3S. The van der Waals surface area contributed by atoms with E-state index < -0.39 is 15.8 Å². The Morgan fingerprint density at radius 3 is 2.64 bits per heavy atom. The molecule has 0 radical (unpaired) electrons. The third kappa shape index (κ3) is 4.90. The second kappa shape index (κ2) is 8.73. The van der Waals surface area contributed by atoms with Crippen LogP contribution in [0.3, 0.4) is 0 Å². The average molecular weight is 405 g/mol. The first-order valence-corrected chi connectivity index (χ1v) is 11.3. The van der Waals surface area contributed by atoms with E-state index in [4.69, 9.17) is 0 Å². The van der Waals surface area contributed by atoms with Crippen LogP contribution in [0, 0.1) is 5.82 Å². The van der Waals surface area contributed by atoms with Crippen LogP contribution in [0.4, 0.5) is 10.1 Å². The minimum atomic E-state index is -3.64. The number of para-hydroxylation sites is 1. The number of sulfonamides is 1. The summed E-state index contributed by atoms with van der Waals surface area (Å²) in [5.74, 6) is -0.722. The number of fused-ring (bicyclic) bond motifs is 1. The van der Waals surface area contributed by atoms with Gasteiger partial charge in [-0.05, 0) is 48.9 Å². The topological polar surface area (TPSA) is 66.5 Å². The Kier molecular flexibility index (Phi) is 6.34. The number of anilines is 1. The molecule has 0 saturated heterocycles. The van der Waals surface area contributed by atoms with Crippen LogP contribution < -0.4 is 9.62 Å². The van der Waals surface area contributed by atoms with Crippen LogP contribution in [-0.2, 0) is 21.2 Å². The molecule has 1 N–H and O–H groups in total. The number of hydrogen-bond acceptors (Lipinski definition) is 3. The van der Waals surface area contributed by atoms with Gasteiger partial charge in [0.1, 0.15) is 5.82 Å². The van der Waals surface area contributed by atoms with Gasteiger partial charge in [0, 0.05) is 13.0 Å². The normalized spacial score (nSPS) is 16.3. The van der Waals surface area contributed by atoms with Crippen molar-refractivity contribution in [1.29, 1.82) is 0 Å². The summed E-state index contributed by atoms with van der Waals surface area (Å²) in [6.07, 6.45) is 4.47. The molecule has 7 heteroatoms. The van der Waals surface area contributed by atoms with Crippen molar-refractivity contribution < 1.29 is 17.6 Å². The average Bonchev–Trinajstić information content (AvgIpc) is 2.65. The molecule has 1 aliphatic rings. The lowest BCUT2D eigenvalue weighted by molar-refractivity contribution is -0.122. The summed E-state index contributed by atoms with van der Waals surface area (Å²) >= 11 is 0. The Balaban J connectivity index is 1.59. The fourth-order valence-electron chi connectivity index (χ4n) is 3.67. The van der Waals surface area contributed by atoms with Gasteiger partial charge in [-0.25, -0.2) is 12.8 Å². The summed E-state index contributed by atoms with van der Waals surface area (Å²) in [4.78, 5) is 12.4. The van der Waals surface area contributed by atoms with E-state index in [-0.39, 0.29) is 30.6 Å². The number of hydrogen-bond donors (Lipinski definition) is 1. The number of halogens is 1. The third-order valence-corrected chi connectivity index (χ3v) is 6.17. The van der Waals surface area contributed by atoms with Crippen molar-refractivity contribution in [3.8, 4) is 0 Å². The molecule has 2 aromatic rings. The van der Waals surface area contributed by atoms with Crippen LogP contribution >= 0.6 is 0 Å². The highest BCUT2D eigenvalue weighted by Gasteiger charge is 2.23. The Hall–Kier alpha value is -2.41. The van der Waals surface area contributed by atoms with Gasteiger partial charge < -0.3 is 5.32 Å². The molecule has 1 aliphatic carbocycles. The van der Waals surface area contributed by atoms with Crippen LogP contribution in [0.15, 0.2) is 48.5 Å². The number of nitrogens with zero attached hydrogens (tertiary/aromatic N) is 1. The summed E-state index contributed by atoms with van der Waals surface area (Å²) in [6.45, 7) is 0.0500. The molecule has 1 amide bonds.